The van der Waals surface area contributed by atoms with Crippen LogP contribution in [0.15, 0.2) is 24.3 Å². The van der Waals surface area contributed by atoms with E-state index in [1.54, 1.807) is 12.1 Å². The molecule has 2 aromatic carbocycles. The Kier molecular flexibility index (Phi) is 8.96. The van der Waals surface area contributed by atoms with Crippen molar-refractivity contribution in [1.82, 2.24) is 0 Å². The molecule has 0 atom stereocenters. The Balaban J connectivity index is 0.00000272. The lowest BCUT2D eigenvalue weighted by molar-refractivity contribution is 0.339. The normalized spacial score (nSPS) is 25.6. The van der Waals surface area contributed by atoms with Gasteiger partial charge in [0, 0.05) is 14.0 Å². The first kappa shape index (κ1) is 26.4. The van der Waals surface area contributed by atoms with Crippen molar-refractivity contribution >= 4 is 0 Å². The molecule has 0 N–H and O–H groups in total. The lowest BCUT2D eigenvalue weighted by atomic mass is 9.78. The number of hydrogen-bond donors (Lipinski definition) is 0. The molecule has 0 unspecified atom stereocenters. The van der Waals surface area contributed by atoms with E-state index in [9.17, 15) is 17.6 Å². The fourth-order valence-corrected chi connectivity index (χ4v) is 5.32. The van der Waals surface area contributed by atoms with Gasteiger partial charge in [0.05, 0.1) is 0 Å². The van der Waals surface area contributed by atoms with Gasteiger partial charge in [0.15, 0.2) is 23.3 Å². The summed E-state index contributed by atoms with van der Waals surface area (Å²) in [4.78, 5) is 0. The predicted molar refractivity (Wildman–Crippen MR) is 130 cm³/mol. The van der Waals surface area contributed by atoms with Crippen molar-refractivity contribution in [2.75, 3.05) is 0 Å². The Morgan fingerprint density at radius 2 is 0.844 bits per heavy atom. The summed E-state index contributed by atoms with van der Waals surface area (Å²) < 4.78 is 59.6. The van der Waals surface area contributed by atoms with Gasteiger partial charge in [-0.25, -0.2) is 17.6 Å². The monoisotopic (exact) mass is 454 g/mol. The highest BCUT2D eigenvalue weighted by atomic mass is 19.2. The van der Waals surface area contributed by atoms with Gasteiger partial charge >= 0.3 is 0 Å². The largest absolute Gasteiger partial charge is 0.203 e. The summed E-state index contributed by atoms with van der Waals surface area (Å²) in [7, 11) is 0. The molecule has 0 amide bonds. The third-order valence-corrected chi connectivity index (χ3v) is 7.43. The van der Waals surface area contributed by atoms with Gasteiger partial charge in [0.25, 0.3) is 0 Å². The first-order valence-corrected chi connectivity index (χ1v) is 11.3. The second-order valence-corrected chi connectivity index (χ2v) is 9.57. The van der Waals surface area contributed by atoms with E-state index in [0.717, 1.165) is 51.4 Å². The fraction of sp³-hybridized carbons (Fsp3) is 0.571. The van der Waals surface area contributed by atoms with Crippen LogP contribution in [-0.2, 0) is 0 Å². The summed E-state index contributed by atoms with van der Waals surface area (Å²) >= 11 is 0. The molecule has 2 aliphatic rings. The fourth-order valence-electron chi connectivity index (χ4n) is 5.32. The average molecular weight is 455 g/mol. The highest BCUT2D eigenvalue weighted by Crippen LogP contribution is 2.41. The Hall–Kier alpha value is -1.84. The summed E-state index contributed by atoms with van der Waals surface area (Å²) in [6.07, 6.45) is 7.29. The third kappa shape index (κ3) is 5.05. The zero-order valence-corrected chi connectivity index (χ0v) is 17.8. The van der Waals surface area contributed by atoms with E-state index in [0.29, 0.717) is 23.0 Å². The molecule has 2 aliphatic carbocycles. The zero-order chi connectivity index (χ0) is 21.4. The van der Waals surface area contributed by atoms with Crippen LogP contribution in [0.25, 0.3) is 11.1 Å². The zero-order valence-electron chi connectivity index (χ0n) is 17.8. The van der Waals surface area contributed by atoms with E-state index >= 15 is 0 Å². The molecule has 0 spiro atoms. The number of rotatable bonds is 3. The van der Waals surface area contributed by atoms with E-state index in [4.69, 9.17) is 0 Å². The van der Waals surface area contributed by atoms with Gasteiger partial charge in [-0.1, -0.05) is 78.6 Å². The standard InChI is InChI=1S/C26H30F4.2CH4.2H2/c1-15-3-7-17(8-4-15)19-11-13-21(25(29)23(19)27)22-14-12-20(24(28)26(22)30)18-9-5-16(2)6-10-18;;;;/h11-18H,3-10H2,1-2H3;2*1H4;2*1H. The molecule has 0 saturated heterocycles. The van der Waals surface area contributed by atoms with Crippen LogP contribution in [0, 0.1) is 35.1 Å². The summed E-state index contributed by atoms with van der Waals surface area (Å²) in [6.45, 7) is 4.34. The van der Waals surface area contributed by atoms with Crippen LogP contribution < -0.4 is 0 Å². The minimum atomic E-state index is -1.08. The van der Waals surface area contributed by atoms with E-state index in [1.807, 2.05) is 0 Å². The second kappa shape index (κ2) is 10.9. The van der Waals surface area contributed by atoms with Crippen molar-refractivity contribution in [2.24, 2.45) is 11.8 Å². The van der Waals surface area contributed by atoms with Gasteiger partial charge in [-0.3, -0.25) is 0 Å². The van der Waals surface area contributed by atoms with Crippen molar-refractivity contribution < 1.29 is 20.4 Å². The summed E-state index contributed by atoms with van der Waals surface area (Å²) in [5.74, 6) is -2.81. The van der Waals surface area contributed by atoms with Gasteiger partial charge in [-0.15, -0.1) is 0 Å². The average Bonchev–Trinajstić information content (AvgIpc) is 2.74. The maximum Gasteiger partial charge on any atom is 0.167 e. The molecule has 2 saturated carbocycles. The smallest absolute Gasteiger partial charge is 0.167 e. The van der Waals surface area contributed by atoms with Crippen molar-refractivity contribution in [2.45, 2.75) is 91.9 Å². The first-order chi connectivity index (χ1) is 14.4. The van der Waals surface area contributed by atoms with Crippen molar-refractivity contribution in [3.05, 3.63) is 58.7 Å². The topological polar surface area (TPSA) is 0 Å². The quantitative estimate of drug-likeness (QED) is 0.405. The van der Waals surface area contributed by atoms with Gasteiger partial charge < -0.3 is 0 Å². The molecule has 0 heterocycles. The number of halogens is 4. The lowest BCUT2D eigenvalue weighted by Gasteiger charge is -2.27. The minimum Gasteiger partial charge on any atom is -0.203 e. The molecule has 0 aromatic heterocycles. The van der Waals surface area contributed by atoms with Crippen LogP contribution in [0.2, 0.25) is 0 Å². The van der Waals surface area contributed by atoms with Crippen LogP contribution in [0.4, 0.5) is 17.6 Å². The van der Waals surface area contributed by atoms with E-state index in [-0.39, 0.29) is 40.7 Å². The SMILES string of the molecule is C.C.CC1CCC(c2ccc(-c3ccc(C4CCC(C)CC4)c(F)c3F)c(F)c2F)CC1.[HH].[HH]. The maximum atomic E-state index is 14.9. The molecule has 0 aliphatic heterocycles. The van der Waals surface area contributed by atoms with Gasteiger partial charge in [0.2, 0.25) is 0 Å². The minimum absolute atomic E-state index is 0. The Morgan fingerprint density at radius 1 is 0.531 bits per heavy atom. The van der Waals surface area contributed by atoms with Crippen molar-refractivity contribution in [3.8, 4) is 11.1 Å². The number of benzene rings is 2. The van der Waals surface area contributed by atoms with Gasteiger partial charge in [-0.2, -0.15) is 0 Å². The predicted octanol–water partition coefficient (Wildman–Crippen LogP) is 10.3. The van der Waals surface area contributed by atoms with Crippen molar-refractivity contribution in [3.63, 3.8) is 0 Å². The molecule has 2 aromatic rings. The van der Waals surface area contributed by atoms with Crippen LogP contribution in [0.3, 0.4) is 0 Å². The van der Waals surface area contributed by atoms with Gasteiger partial charge in [0.1, 0.15) is 0 Å². The van der Waals surface area contributed by atoms with Crippen LogP contribution in [0.1, 0.15) is 106 Å². The van der Waals surface area contributed by atoms with Crippen LogP contribution in [0.5, 0.6) is 0 Å². The Bertz CT molecular complexity index is 840. The molecule has 0 nitrogen and oxygen atoms in total. The molecule has 182 valence electrons. The summed E-state index contributed by atoms with van der Waals surface area (Å²) in [6, 6.07) is 5.93. The molecular weight excluding hydrogens is 412 g/mol. The molecule has 0 radical (unpaired) electrons. The highest BCUT2D eigenvalue weighted by Gasteiger charge is 2.28. The van der Waals surface area contributed by atoms with Crippen molar-refractivity contribution in [1.29, 1.82) is 0 Å². The summed E-state index contributed by atoms with van der Waals surface area (Å²) in [5.41, 5.74) is 0.301. The Morgan fingerprint density at radius 3 is 1.16 bits per heavy atom. The first-order valence-electron chi connectivity index (χ1n) is 11.3. The molecule has 4 heteroatoms. The van der Waals surface area contributed by atoms with E-state index in [2.05, 4.69) is 13.8 Å². The van der Waals surface area contributed by atoms with E-state index in [1.165, 1.54) is 12.1 Å². The second-order valence-electron chi connectivity index (χ2n) is 9.57. The summed E-state index contributed by atoms with van der Waals surface area (Å²) in [5, 5.41) is 0. The molecule has 2 fully saturated rings. The maximum absolute atomic E-state index is 14.9. The lowest BCUT2D eigenvalue weighted by Crippen LogP contribution is -2.14. The molecule has 32 heavy (non-hydrogen) atoms. The third-order valence-electron chi connectivity index (χ3n) is 7.43. The number of hydrogen-bond acceptors (Lipinski definition) is 0. The Labute approximate surface area is 194 Å². The molecular formula is C28H42F4. The van der Waals surface area contributed by atoms with Crippen LogP contribution >= 0.6 is 0 Å². The molecule has 0 bridgehead atoms. The molecule has 4 rings (SSSR count). The highest BCUT2D eigenvalue weighted by molar-refractivity contribution is 5.66. The van der Waals surface area contributed by atoms with Gasteiger partial charge in [-0.05, 0) is 60.5 Å². The van der Waals surface area contributed by atoms with E-state index < -0.39 is 23.3 Å². The van der Waals surface area contributed by atoms with Crippen LogP contribution in [-0.4, -0.2) is 0 Å².